The summed E-state index contributed by atoms with van der Waals surface area (Å²) in [6.07, 6.45) is 2.92. The largest absolute Gasteiger partial charge is 0.504 e. The van der Waals surface area contributed by atoms with E-state index in [4.69, 9.17) is 14.2 Å². The van der Waals surface area contributed by atoms with Gasteiger partial charge in [-0.15, -0.1) is 0 Å². The predicted molar refractivity (Wildman–Crippen MR) is 86.5 cm³/mol. The van der Waals surface area contributed by atoms with Crippen molar-refractivity contribution in [3.8, 4) is 17.2 Å². The van der Waals surface area contributed by atoms with Gasteiger partial charge in [-0.05, 0) is 41.5 Å². The topological polar surface area (TPSA) is 65.0 Å². The number of phenols is 1. The van der Waals surface area contributed by atoms with E-state index in [2.05, 4.69) is 0 Å². The molecule has 2 rings (SSSR count). The molecular weight excluding hydrogens is 296 g/mol. The number of carbonyl (C=O) groups excluding carboxylic acids is 1. The van der Waals surface area contributed by atoms with Gasteiger partial charge in [0.1, 0.15) is 12.4 Å². The second kappa shape index (κ2) is 7.89. The van der Waals surface area contributed by atoms with Crippen molar-refractivity contribution in [2.24, 2.45) is 0 Å². The highest BCUT2D eigenvalue weighted by Gasteiger charge is 2.03. The maximum absolute atomic E-state index is 11.7. The van der Waals surface area contributed by atoms with Gasteiger partial charge in [0.25, 0.3) is 0 Å². The number of hydrogen-bond donors (Lipinski definition) is 1. The van der Waals surface area contributed by atoms with E-state index in [0.29, 0.717) is 11.5 Å². The number of rotatable bonds is 6. The minimum absolute atomic E-state index is 0.0465. The van der Waals surface area contributed by atoms with E-state index >= 15 is 0 Å². The van der Waals surface area contributed by atoms with E-state index < -0.39 is 5.97 Å². The number of aromatic hydroxyl groups is 1. The van der Waals surface area contributed by atoms with Crippen LogP contribution in [0.25, 0.3) is 6.08 Å². The number of carbonyl (C=O) groups is 1. The summed E-state index contributed by atoms with van der Waals surface area (Å²) >= 11 is 0. The fraction of sp³-hybridized carbons (Fsp3) is 0.167. The van der Waals surface area contributed by atoms with Gasteiger partial charge in [-0.25, -0.2) is 4.79 Å². The standard InChI is InChI=1S/C18H18O5/c1-21-15-5-3-4-14(10-15)12-23-18(20)9-7-13-6-8-16(19)17(11-13)22-2/h3-11,19H,12H2,1-2H3/b9-7+. The minimum atomic E-state index is -0.458. The molecule has 0 saturated heterocycles. The zero-order valence-corrected chi connectivity index (χ0v) is 13.0. The third kappa shape index (κ3) is 4.78. The van der Waals surface area contributed by atoms with Crippen LogP contribution in [-0.4, -0.2) is 25.3 Å². The molecule has 0 aromatic heterocycles. The molecule has 0 unspecified atom stereocenters. The zero-order chi connectivity index (χ0) is 16.7. The summed E-state index contributed by atoms with van der Waals surface area (Å²) in [6, 6.07) is 12.1. The molecule has 120 valence electrons. The predicted octanol–water partition coefficient (Wildman–Crippen LogP) is 3.17. The summed E-state index contributed by atoms with van der Waals surface area (Å²) in [5, 5.41) is 9.51. The van der Waals surface area contributed by atoms with Crippen molar-refractivity contribution in [1.82, 2.24) is 0 Å². The molecular formula is C18H18O5. The molecule has 2 aromatic rings. The Morgan fingerprint density at radius 3 is 2.70 bits per heavy atom. The van der Waals surface area contributed by atoms with Crippen molar-refractivity contribution in [3.63, 3.8) is 0 Å². The minimum Gasteiger partial charge on any atom is -0.504 e. The van der Waals surface area contributed by atoms with Crippen LogP contribution in [0.15, 0.2) is 48.5 Å². The van der Waals surface area contributed by atoms with E-state index in [-0.39, 0.29) is 12.4 Å². The van der Waals surface area contributed by atoms with E-state index in [0.717, 1.165) is 11.1 Å². The number of phenolic OH excluding ortho intramolecular Hbond substituents is 1. The van der Waals surface area contributed by atoms with Crippen LogP contribution < -0.4 is 9.47 Å². The summed E-state index contributed by atoms with van der Waals surface area (Å²) < 4.78 is 15.3. The first kappa shape index (κ1) is 16.4. The van der Waals surface area contributed by atoms with Crippen LogP contribution in [0.4, 0.5) is 0 Å². The van der Waals surface area contributed by atoms with Gasteiger partial charge < -0.3 is 19.3 Å². The Morgan fingerprint density at radius 1 is 1.13 bits per heavy atom. The van der Waals surface area contributed by atoms with Gasteiger partial charge in [-0.2, -0.15) is 0 Å². The molecule has 0 aliphatic carbocycles. The summed E-state index contributed by atoms with van der Waals surface area (Å²) in [6.45, 7) is 0.166. The molecule has 5 heteroatoms. The summed E-state index contributed by atoms with van der Waals surface area (Å²) in [5.41, 5.74) is 1.57. The SMILES string of the molecule is COc1cccc(COC(=O)/C=C/c2ccc(O)c(OC)c2)c1. The molecule has 0 saturated carbocycles. The first-order valence-electron chi connectivity index (χ1n) is 6.97. The van der Waals surface area contributed by atoms with Crippen molar-refractivity contribution in [2.75, 3.05) is 14.2 Å². The van der Waals surface area contributed by atoms with Crippen LogP contribution in [0.2, 0.25) is 0 Å². The third-order valence-corrected chi connectivity index (χ3v) is 3.13. The van der Waals surface area contributed by atoms with Gasteiger partial charge in [0.2, 0.25) is 0 Å². The maximum Gasteiger partial charge on any atom is 0.331 e. The quantitative estimate of drug-likeness (QED) is 0.655. The Morgan fingerprint density at radius 2 is 1.96 bits per heavy atom. The molecule has 0 fully saturated rings. The molecule has 5 nitrogen and oxygen atoms in total. The number of hydrogen-bond acceptors (Lipinski definition) is 5. The molecule has 0 atom stereocenters. The third-order valence-electron chi connectivity index (χ3n) is 3.13. The molecule has 0 heterocycles. The molecule has 0 bridgehead atoms. The van der Waals surface area contributed by atoms with Crippen LogP contribution in [0, 0.1) is 0 Å². The van der Waals surface area contributed by atoms with E-state index in [1.807, 2.05) is 24.3 Å². The van der Waals surface area contributed by atoms with E-state index in [1.54, 1.807) is 25.3 Å². The van der Waals surface area contributed by atoms with Gasteiger partial charge >= 0.3 is 5.97 Å². The molecule has 23 heavy (non-hydrogen) atoms. The van der Waals surface area contributed by atoms with Gasteiger partial charge in [0.05, 0.1) is 14.2 Å². The van der Waals surface area contributed by atoms with Crippen LogP contribution in [-0.2, 0) is 16.1 Å². The fourth-order valence-corrected chi connectivity index (χ4v) is 1.93. The molecule has 1 N–H and O–H groups in total. The second-order valence-electron chi connectivity index (χ2n) is 4.72. The van der Waals surface area contributed by atoms with Gasteiger partial charge in [-0.1, -0.05) is 18.2 Å². The number of benzene rings is 2. The van der Waals surface area contributed by atoms with Gasteiger partial charge in [0.15, 0.2) is 11.5 Å². The first-order valence-corrected chi connectivity index (χ1v) is 6.97. The van der Waals surface area contributed by atoms with Crippen LogP contribution in [0.1, 0.15) is 11.1 Å². The summed E-state index contributed by atoms with van der Waals surface area (Å²) in [5.74, 6) is 0.646. The fourth-order valence-electron chi connectivity index (χ4n) is 1.93. The highest BCUT2D eigenvalue weighted by Crippen LogP contribution is 2.26. The smallest absolute Gasteiger partial charge is 0.331 e. The first-order chi connectivity index (χ1) is 11.1. The molecule has 0 amide bonds. The number of methoxy groups -OCH3 is 2. The van der Waals surface area contributed by atoms with Crippen molar-refractivity contribution >= 4 is 12.0 Å². The summed E-state index contributed by atoms with van der Waals surface area (Å²) in [7, 11) is 3.05. The molecule has 0 aliphatic rings. The van der Waals surface area contributed by atoms with E-state index in [9.17, 15) is 9.90 Å². The Labute approximate surface area is 134 Å². The van der Waals surface area contributed by atoms with E-state index in [1.165, 1.54) is 19.3 Å². The maximum atomic E-state index is 11.7. The lowest BCUT2D eigenvalue weighted by molar-refractivity contribution is -0.138. The monoisotopic (exact) mass is 314 g/mol. The van der Waals surface area contributed by atoms with Crippen molar-refractivity contribution in [1.29, 1.82) is 0 Å². The van der Waals surface area contributed by atoms with Gasteiger partial charge in [0, 0.05) is 6.08 Å². The zero-order valence-electron chi connectivity index (χ0n) is 13.0. The van der Waals surface area contributed by atoms with Crippen LogP contribution >= 0.6 is 0 Å². The number of ether oxygens (including phenoxy) is 3. The Kier molecular flexibility index (Phi) is 5.63. The lowest BCUT2D eigenvalue weighted by Crippen LogP contribution is -2.00. The van der Waals surface area contributed by atoms with Crippen LogP contribution in [0.5, 0.6) is 17.2 Å². The summed E-state index contributed by atoms with van der Waals surface area (Å²) in [4.78, 5) is 11.7. The molecule has 0 spiro atoms. The average Bonchev–Trinajstić information content (AvgIpc) is 2.59. The lowest BCUT2D eigenvalue weighted by atomic mass is 10.2. The second-order valence-corrected chi connectivity index (χ2v) is 4.72. The molecule has 2 aromatic carbocycles. The Hall–Kier alpha value is -2.95. The molecule has 0 aliphatic heterocycles. The van der Waals surface area contributed by atoms with Crippen molar-refractivity contribution < 1.29 is 24.1 Å². The number of esters is 1. The van der Waals surface area contributed by atoms with Crippen LogP contribution in [0.3, 0.4) is 0 Å². The highest BCUT2D eigenvalue weighted by atomic mass is 16.5. The molecule has 0 radical (unpaired) electrons. The highest BCUT2D eigenvalue weighted by molar-refractivity contribution is 5.87. The normalized spacial score (nSPS) is 10.5. The lowest BCUT2D eigenvalue weighted by Gasteiger charge is -2.05. The van der Waals surface area contributed by atoms with Crippen molar-refractivity contribution in [3.05, 3.63) is 59.7 Å². The Balaban J connectivity index is 1.93. The Bertz CT molecular complexity index is 706. The van der Waals surface area contributed by atoms with Crippen molar-refractivity contribution in [2.45, 2.75) is 6.61 Å². The van der Waals surface area contributed by atoms with Gasteiger partial charge in [-0.3, -0.25) is 0 Å². The average molecular weight is 314 g/mol.